The summed E-state index contributed by atoms with van der Waals surface area (Å²) in [5.74, 6) is 2.05. The van der Waals surface area contributed by atoms with Crippen molar-refractivity contribution in [2.45, 2.75) is 17.4 Å². The molecule has 0 spiro atoms. The number of hydrogen-bond acceptors (Lipinski definition) is 4. The van der Waals surface area contributed by atoms with Crippen LogP contribution in [-0.4, -0.2) is 24.1 Å². The zero-order valence-electron chi connectivity index (χ0n) is 9.85. The second kappa shape index (κ2) is 5.83. The highest BCUT2D eigenvalue weighted by Gasteiger charge is 2.36. The Labute approximate surface area is 111 Å². The standard InChI is InChI=1S/C13H16O2S2/c1-11(14)15-10-13(16-8-5-9-17-13)12-6-3-2-4-7-12/h2-4,6-7H,5,8-10H2,1H3. The average molecular weight is 268 g/mol. The van der Waals surface area contributed by atoms with E-state index < -0.39 is 0 Å². The molecular weight excluding hydrogens is 252 g/mol. The lowest BCUT2D eigenvalue weighted by atomic mass is 10.1. The van der Waals surface area contributed by atoms with E-state index in [1.165, 1.54) is 18.9 Å². The predicted octanol–water partition coefficient (Wildman–Crippen LogP) is 3.27. The molecule has 1 aliphatic rings. The first-order chi connectivity index (χ1) is 8.23. The molecule has 0 bridgehead atoms. The molecule has 0 amide bonds. The monoisotopic (exact) mass is 268 g/mol. The Morgan fingerprint density at radius 3 is 2.53 bits per heavy atom. The minimum absolute atomic E-state index is 0.106. The van der Waals surface area contributed by atoms with E-state index in [1.54, 1.807) is 0 Å². The smallest absolute Gasteiger partial charge is 0.302 e. The summed E-state index contributed by atoms with van der Waals surface area (Å²) >= 11 is 3.78. The van der Waals surface area contributed by atoms with E-state index in [-0.39, 0.29) is 10.0 Å². The van der Waals surface area contributed by atoms with Crippen LogP contribution in [0.15, 0.2) is 30.3 Å². The second-order valence-electron chi connectivity index (χ2n) is 3.95. The van der Waals surface area contributed by atoms with Crippen LogP contribution in [-0.2, 0) is 13.6 Å². The Morgan fingerprint density at radius 1 is 1.29 bits per heavy atom. The molecular formula is C13H16O2S2. The Balaban J connectivity index is 2.20. The normalized spacial score (nSPS) is 18.6. The number of thioether (sulfide) groups is 2. The Bertz CT molecular complexity index is 372. The highest BCUT2D eigenvalue weighted by atomic mass is 32.2. The molecule has 0 atom stereocenters. The molecule has 0 N–H and O–H groups in total. The molecule has 0 unspecified atom stereocenters. The number of hydrogen-bond donors (Lipinski definition) is 0. The van der Waals surface area contributed by atoms with Crippen LogP contribution in [0.3, 0.4) is 0 Å². The first kappa shape index (κ1) is 12.8. The third kappa shape index (κ3) is 3.19. The summed E-state index contributed by atoms with van der Waals surface area (Å²) in [6.07, 6.45) is 1.23. The summed E-state index contributed by atoms with van der Waals surface area (Å²) in [6, 6.07) is 10.3. The van der Waals surface area contributed by atoms with E-state index >= 15 is 0 Å². The molecule has 92 valence electrons. The Morgan fingerprint density at radius 2 is 1.94 bits per heavy atom. The molecule has 0 aromatic heterocycles. The second-order valence-corrected chi connectivity index (χ2v) is 7.00. The third-order valence-electron chi connectivity index (χ3n) is 2.64. The van der Waals surface area contributed by atoms with Crippen molar-refractivity contribution in [3.63, 3.8) is 0 Å². The van der Waals surface area contributed by atoms with Gasteiger partial charge in [0.2, 0.25) is 0 Å². The van der Waals surface area contributed by atoms with Crippen LogP contribution in [0.4, 0.5) is 0 Å². The molecule has 2 nitrogen and oxygen atoms in total. The van der Waals surface area contributed by atoms with Crippen LogP contribution in [0.1, 0.15) is 18.9 Å². The van der Waals surface area contributed by atoms with Gasteiger partial charge in [0, 0.05) is 6.92 Å². The number of rotatable bonds is 3. The predicted molar refractivity (Wildman–Crippen MR) is 74.3 cm³/mol. The van der Waals surface area contributed by atoms with Crippen molar-refractivity contribution in [2.24, 2.45) is 0 Å². The maximum Gasteiger partial charge on any atom is 0.302 e. The van der Waals surface area contributed by atoms with Crippen LogP contribution in [0, 0.1) is 0 Å². The fourth-order valence-electron chi connectivity index (χ4n) is 1.80. The Hall–Kier alpha value is -0.610. The Kier molecular flexibility index (Phi) is 4.40. The number of benzene rings is 1. The third-order valence-corrected chi connectivity index (χ3v) is 5.97. The summed E-state index contributed by atoms with van der Waals surface area (Å²) in [4.78, 5) is 11.0. The fourth-order valence-corrected chi connectivity index (χ4v) is 4.94. The van der Waals surface area contributed by atoms with Crippen LogP contribution >= 0.6 is 23.5 Å². The summed E-state index contributed by atoms with van der Waals surface area (Å²) in [7, 11) is 0. The van der Waals surface area contributed by atoms with Crippen molar-refractivity contribution in [3.8, 4) is 0 Å². The lowest BCUT2D eigenvalue weighted by molar-refractivity contribution is -0.141. The van der Waals surface area contributed by atoms with Crippen LogP contribution < -0.4 is 0 Å². The molecule has 1 heterocycles. The zero-order chi connectivity index (χ0) is 12.1. The summed E-state index contributed by atoms with van der Waals surface area (Å²) in [6.45, 7) is 1.93. The number of carbonyl (C=O) groups excluding carboxylic acids is 1. The molecule has 1 aromatic carbocycles. The number of ether oxygens (including phenoxy) is 1. The van der Waals surface area contributed by atoms with Crippen molar-refractivity contribution >= 4 is 29.5 Å². The molecule has 1 fully saturated rings. The minimum atomic E-state index is -0.202. The lowest BCUT2D eigenvalue weighted by Gasteiger charge is -2.35. The maximum atomic E-state index is 11.0. The molecule has 0 radical (unpaired) electrons. The van der Waals surface area contributed by atoms with E-state index in [0.717, 1.165) is 11.5 Å². The van der Waals surface area contributed by atoms with Crippen molar-refractivity contribution in [1.29, 1.82) is 0 Å². The van der Waals surface area contributed by atoms with Gasteiger partial charge in [-0.25, -0.2) is 0 Å². The van der Waals surface area contributed by atoms with Crippen molar-refractivity contribution in [2.75, 3.05) is 18.1 Å². The molecule has 0 saturated carbocycles. The van der Waals surface area contributed by atoms with Gasteiger partial charge in [0.05, 0.1) is 0 Å². The fraction of sp³-hybridized carbons (Fsp3) is 0.462. The first-order valence-corrected chi connectivity index (χ1v) is 7.67. The van der Waals surface area contributed by atoms with Crippen LogP contribution in [0.2, 0.25) is 0 Å². The largest absolute Gasteiger partial charge is 0.463 e. The lowest BCUT2D eigenvalue weighted by Crippen LogP contribution is -2.29. The molecule has 1 aromatic rings. The molecule has 1 saturated heterocycles. The molecule has 2 rings (SSSR count). The highest BCUT2D eigenvalue weighted by Crippen LogP contribution is 2.50. The average Bonchev–Trinajstić information content (AvgIpc) is 2.39. The van der Waals surface area contributed by atoms with Crippen molar-refractivity contribution in [1.82, 2.24) is 0 Å². The van der Waals surface area contributed by atoms with Gasteiger partial charge >= 0.3 is 5.97 Å². The maximum absolute atomic E-state index is 11.0. The topological polar surface area (TPSA) is 26.3 Å². The minimum Gasteiger partial charge on any atom is -0.463 e. The number of esters is 1. The van der Waals surface area contributed by atoms with Crippen LogP contribution in [0.25, 0.3) is 0 Å². The van der Waals surface area contributed by atoms with E-state index in [0.29, 0.717) is 6.61 Å². The molecule has 0 aliphatic carbocycles. The molecule has 1 aliphatic heterocycles. The summed E-state index contributed by atoms with van der Waals surface area (Å²) < 4.78 is 5.15. The highest BCUT2D eigenvalue weighted by molar-refractivity contribution is 8.18. The molecule has 4 heteroatoms. The number of carbonyl (C=O) groups is 1. The van der Waals surface area contributed by atoms with Gasteiger partial charge in [-0.2, -0.15) is 0 Å². The van der Waals surface area contributed by atoms with Gasteiger partial charge in [0.25, 0.3) is 0 Å². The van der Waals surface area contributed by atoms with Gasteiger partial charge in [-0.05, 0) is 23.5 Å². The summed E-state index contributed by atoms with van der Waals surface area (Å²) in [5, 5.41) is 0. The first-order valence-electron chi connectivity index (χ1n) is 5.70. The van der Waals surface area contributed by atoms with Gasteiger partial charge in [0.15, 0.2) is 0 Å². The van der Waals surface area contributed by atoms with Crippen molar-refractivity contribution in [3.05, 3.63) is 35.9 Å². The van der Waals surface area contributed by atoms with Crippen molar-refractivity contribution < 1.29 is 9.53 Å². The van der Waals surface area contributed by atoms with E-state index in [1.807, 2.05) is 41.7 Å². The van der Waals surface area contributed by atoms with Gasteiger partial charge < -0.3 is 4.74 Å². The summed E-state index contributed by atoms with van der Waals surface area (Å²) in [5.41, 5.74) is 1.25. The van der Waals surface area contributed by atoms with E-state index in [4.69, 9.17) is 4.74 Å². The zero-order valence-corrected chi connectivity index (χ0v) is 11.5. The van der Waals surface area contributed by atoms with Gasteiger partial charge in [0.1, 0.15) is 10.7 Å². The van der Waals surface area contributed by atoms with Gasteiger partial charge in [-0.15, -0.1) is 23.5 Å². The quantitative estimate of drug-likeness (QED) is 0.786. The SMILES string of the molecule is CC(=O)OCC1(c2ccccc2)SCCCS1. The van der Waals surface area contributed by atoms with E-state index in [9.17, 15) is 4.79 Å². The molecule has 17 heavy (non-hydrogen) atoms. The van der Waals surface area contributed by atoms with Gasteiger partial charge in [-0.1, -0.05) is 30.3 Å². The van der Waals surface area contributed by atoms with Crippen LogP contribution in [0.5, 0.6) is 0 Å². The van der Waals surface area contributed by atoms with Gasteiger partial charge in [-0.3, -0.25) is 4.79 Å². The van der Waals surface area contributed by atoms with E-state index in [2.05, 4.69) is 12.1 Å².